The van der Waals surface area contributed by atoms with Gasteiger partial charge in [-0.25, -0.2) is 0 Å². The summed E-state index contributed by atoms with van der Waals surface area (Å²) in [6.07, 6.45) is 15.4. The summed E-state index contributed by atoms with van der Waals surface area (Å²) in [5.41, 5.74) is 8.82. The zero-order chi connectivity index (χ0) is 8.67. The highest BCUT2D eigenvalue weighted by molar-refractivity contribution is 5.57. The van der Waals surface area contributed by atoms with Crippen molar-refractivity contribution in [2.24, 2.45) is 0 Å². The van der Waals surface area contributed by atoms with E-state index >= 15 is 0 Å². The molecule has 0 heterocycles. The van der Waals surface area contributed by atoms with Gasteiger partial charge in [-0.05, 0) is 24.0 Å². The average Bonchev–Trinajstić information content (AvgIpc) is 2.72. The van der Waals surface area contributed by atoms with Gasteiger partial charge in [0.1, 0.15) is 0 Å². The number of hydrogen-bond donors (Lipinski definition) is 0. The molecule has 0 saturated carbocycles. The molecule has 0 radical (unpaired) electrons. The molecule has 0 aromatic carbocycles. The fraction of sp³-hybridized carbons (Fsp3) is 0.154. The summed E-state index contributed by atoms with van der Waals surface area (Å²) in [5.74, 6) is 0. The van der Waals surface area contributed by atoms with Gasteiger partial charge in [-0.3, -0.25) is 0 Å². The van der Waals surface area contributed by atoms with Crippen LogP contribution < -0.4 is 0 Å². The lowest BCUT2D eigenvalue weighted by molar-refractivity contribution is 1.31. The van der Waals surface area contributed by atoms with Crippen molar-refractivity contribution >= 4 is 0 Å². The minimum Gasteiger partial charge on any atom is -0.104 e. The Morgan fingerprint density at radius 1 is 0.846 bits per heavy atom. The van der Waals surface area contributed by atoms with Gasteiger partial charge < -0.3 is 0 Å². The lowest BCUT2D eigenvalue weighted by atomic mass is 10.1. The molecule has 0 heteroatoms. The SMILES string of the molecule is C1=C2C=CCC2=CC=C2CC=CC=12. The van der Waals surface area contributed by atoms with Crippen LogP contribution >= 0.6 is 0 Å². The van der Waals surface area contributed by atoms with Gasteiger partial charge in [0.25, 0.3) is 0 Å². The highest BCUT2D eigenvalue weighted by Gasteiger charge is 2.12. The van der Waals surface area contributed by atoms with Gasteiger partial charge in [0.15, 0.2) is 0 Å². The zero-order valence-electron chi connectivity index (χ0n) is 7.38. The van der Waals surface area contributed by atoms with Crippen LogP contribution in [-0.2, 0) is 0 Å². The third kappa shape index (κ3) is 0.998. The molecule has 0 aliphatic heterocycles. The Kier molecular flexibility index (Phi) is 1.32. The molecule has 0 spiro atoms. The van der Waals surface area contributed by atoms with Gasteiger partial charge in [-0.2, -0.15) is 0 Å². The van der Waals surface area contributed by atoms with Gasteiger partial charge in [0.05, 0.1) is 0 Å². The molecule has 0 amide bonds. The van der Waals surface area contributed by atoms with Crippen molar-refractivity contribution in [3.8, 4) is 0 Å². The molecule has 0 atom stereocenters. The molecule has 0 aromatic rings. The van der Waals surface area contributed by atoms with Crippen LogP contribution in [0.4, 0.5) is 0 Å². The number of fused-ring (bicyclic) bond motifs is 2. The lowest BCUT2D eigenvalue weighted by Gasteiger charge is -1.92. The fourth-order valence-corrected chi connectivity index (χ4v) is 1.95. The first-order chi connectivity index (χ1) is 6.43. The molecule has 0 unspecified atom stereocenters. The van der Waals surface area contributed by atoms with E-state index in [-0.39, 0.29) is 0 Å². The molecule has 3 aliphatic rings. The van der Waals surface area contributed by atoms with Crippen LogP contribution in [0.25, 0.3) is 0 Å². The van der Waals surface area contributed by atoms with Crippen LogP contribution in [0, 0.1) is 0 Å². The quantitative estimate of drug-likeness (QED) is 0.485. The maximum absolute atomic E-state index is 3.46. The van der Waals surface area contributed by atoms with Crippen molar-refractivity contribution in [1.29, 1.82) is 0 Å². The normalized spacial score (nSPS) is 22.8. The van der Waals surface area contributed by atoms with E-state index in [0.717, 1.165) is 12.8 Å². The van der Waals surface area contributed by atoms with E-state index in [1.165, 1.54) is 22.3 Å². The average molecular weight is 166 g/mol. The predicted molar refractivity (Wildman–Crippen MR) is 54.2 cm³/mol. The minimum atomic E-state index is 1.07. The van der Waals surface area contributed by atoms with Crippen molar-refractivity contribution < 1.29 is 0 Å². The molecule has 0 aromatic heterocycles. The van der Waals surface area contributed by atoms with E-state index in [1.807, 2.05) is 0 Å². The summed E-state index contributed by atoms with van der Waals surface area (Å²) in [6, 6.07) is 0. The molecule has 0 saturated heterocycles. The van der Waals surface area contributed by atoms with E-state index in [1.54, 1.807) is 0 Å². The third-order valence-corrected chi connectivity index (χ3v) is 2.69. The molecule has 3 rings (SSSR count). The standard InChI is InChI=1S/C13H10/c1-3-10-7-8-11-4-2-6-13(11)9-12(10)5-1/h1-2,5-8H,3-4H2. The second kappa shape index (κ2) is 2.48. The van der Waals surface area contributed by atoms with Crippen molar-refractivity contribution in [3.63, 3.8) is 0 Å². The van der Waals surface area contributed by atoms with E-state index in [9.17, 15) is 0 Å². The summed E-state index contributed by atoms with van der Waals surface area (Å²) in [7, 11) is 0. The van der Waals surface area contributed by atoms with E-state index < -0.39 is 0 Å². The summed E-state index contributed by atoms with van der Waals surface area (Å²) in [4.78, 5) is 0. The predicted octanol–water partition coefficient (Wildman–Crippen LogP) is 3.22. The van der Waals surface area contributed by atoms with Crippen molar-refractivity contribution in [2.75, 3.05) is 0 Å². The van der Waals surface area contributed by atoms with E-state index in [2.05, 4.69) is 42.2 Å². The number of hydrogen-bond acceptors (Lipinski definition) is 0. The van der Waals surface area contributed by atoms with Crippen LogP contribution in [0.15, 0.2) is 64.5 Å². The molecule has 13 heavy (non-hydrogen) atoms. The highest BCUT2D eigenvalue weighted by Crippen LogP contribution is 2.30. The summed E-state index contributed by atoms with van der Waals surface area (Å²) >= 11 is 0. The van der Waals surface area contributed by atoms with Gasteiger partial charge >= 0.3 is 0 Å². The van der Waals surface area contributed by atoms with E-state index in [4.69, 9.17) is 0 Å². The largest absolute Gasteiger partial charge is 0.104 e. The maximum Gasteiger partial charge on any atom is 0.0203 e. The Labute approximate surface area is 78.0 Å². The summed E-state index contributed by atoms with van der Waals surface area (Å²) < 4.78 is 0. The van der Waals surface area contributed by atoms with Crippen LogP contribution in [0.1, 0.15) is 12.8 Å². The monoisotopic (exact) mass is 166 g/mol. The topological polar surface area (TPSA) is 0 Å². The first kappa shape index (κ1) is 6.94. The Balaban J connectivity index is 2.27. The molecule has 0 nitrogen and oxygen atoms in total. The van der Waals surface area contributed by atoms with Gasteiger partial charge in [-0.15, -0.1) is 5.73 Å². The molecular weight excluding hydrogens is 156 g/mol. The van der Waals surface area contributed by atoms with Crippen molar-refractivity contribution in [1.82, 2.24) is 0 Å². The Morgan fingerprint density at radius 2 is 1.38 bits per heavy atom. The zero-order valence-corrected chi connectivity index (χ0v) is 7.38. The molecule has 0 fully saturated rings. The third-order valence-electron chi connectivity index (χ3n) is 2.69. The minimum absolute atomic E-state index is 1.07. The molecule has 62 valence electrons. The molecule has 0 N–H and O–H groups in total. The van der Waals surface area contributed by atoms with Gasteiger partial charge in [0.2, 0.25) is 0 Å². The Bertz CT molecular complexity index is 404. The van der Waals surface area contributed by atoms with Crippen molar-refractivity contribution in [2.45, 2.75) is 12.8 Å². The summed E-state index contributed by atoms with van der Waals surface area (Å²) in [5, 5.41) is 0. The second-order valence-corrected chi connectivity index (χ2v) is 3.55. The maximum atomic E-state index is 3.46. The van der Waals surface area contributed by atoms with Crippen molar-refractivity contribution in [3.05, 3.63) is 64.5 Å². The van der Waals surface area contributed by atoms with Gasteiger partial charge in [-0.1, -0.05) is 36.5 Å². The Hall–Kier alpha value is -1.52. The number of rotatable bonds is 0. The highest BCUT2D eigenvalue weighted by atomic mass is 14.2. The van der Waals surface area contributed by atoms with Crippen LogP contribution in [0.2, 0.25) is 0 Å². The first-order valence-corrected chi connectivity index (χ1v) is 4.68. The second-order valence-electron chi connectivity index (χ2n) is 3.55. The first-order valence-electron chi connectivity index (χ1n) is 4.68. The van der Waals surface area contributed by atoms with Crippen LogP contribution in [0.3, 0.4) is 0 Å². The van der Waals surface area contributed by atoms with Crippen LogP contribution in [0.5, 0.6) is 0 Å². The fourth-order valence-electron chi connectivity index (χ4n) is 1.95. The smallest absolute Gasteiger partial charge is 0.0203 e. The van der Waals surface area contributed by atoms with E-state index in [0.29, 0.717) is 0 Å². The van der Waals surface area contributed by atoms with Crippen LogP contribution in [-0.4, -0.2) is 0 Å². The molecule has 0 bridgehead atoms. The molecular formula is C13H10. The van der Waals surface area contributed by atoms with Gasteiger partial charge in [0, 0.05) is 11.1 Å². The Morgan fingerprint density at radius 3 is 1.92 bits per heavy atom. The lowest BCUT2D eigenvalue weighted by Crippen LogP contribution is -1.74. The number of allylic oxidation sites excluding steroid dienone is 9. The summed E-state index contributed by atoms with van der Waals surface area (Å²) in [6.45, 7) is 0. The molecule has 3 aliphatic carbocycles.